The Morgan fingerprint density at radius 1 is 1.19 bits per heavy atom. The third kappa shape index (κ3) is 6.02. The van der Waals surface area contributed by atoms with Crippen LogP contribution < -0.4 is 10.9 Å². The first kappa shape index (κ1) is 21.3. The van der Waals surface area contributed by atoms with Gasteiger partial charge in [-0.2, -0.15) is 0 Å². The highest BCUT2D eigenvalue weighted by molar-refractivity contribution is 7.80. The summed E-state index contributed by atoms with van der Waals surface area (Å²) in [6.07, 6.45) is 0.968. The lowest BCUT2D eigenvalue weighted by Crippen LogP contribution is -2.42. The van der Waals surface area contributed by atoms with Gasteiger partial charge in [0.15, 0.2) is 5.11 Å². The van der Waals surface area contributed by atoms with Gasteiger partial charge in [-0.25, -0.2) is 0 Å². The third-order valence-electron chi connectivity index (χ3n) is 4.61. The molecule has 148 valence electrons. The summed E-state index contributed by atoms with van der Waals surface area (Å²) in [6, 6.07) is 6.00. The lowest BCUT2D eigenvalue weighted by molar-refractivity contribution is 0.245. The number of fused-ring (bicyclic) bond motifs is 1. The van der Waals surface area contributed by atoms with Crippen molar-refractivity contribution in [2.75, 3.05) is 40.3 Å². The van der Waals surface area contributed by atoms with Crippen molar-refractivity contribution < 1.29 is 5.11 Å². The van der Waals surface area contributed by atoms with Crippen LogP contribution in [0.3, 0.4) is 0 Å². The average Bonchev–Trinajstić information content (AvgIpc) is 2.60. The molecule has 0 atom stereocenters. The number of aliphatic hydroxyl groups is 1. The topological polar surface area (TPSA) is 71.6 Å². The number of aromatic nitrogens is 1. The van der Waals surface area contributed by atoms with E-state index in [4.69, 9.17) is 12.2 Å². The van der Waals surface area contributed by atoms with E-state index in [0.29, 0.717) is 23.8 Å². The van der Waals surface area contributed by atoms with Crippen LogP contribution in [0.4, 0.5) is 0 Å². The van der Waals surface area contributed by atoms with Crippen LogP contribution in [0.5, 0.6) is 0 Å². The molecule has 0 amide bonds. The molecule has 2 aromatic rings. The van der Waals surface area contributed by atoms with Gasteiger partial charge in [-0.15, -0.1) is 0 Å². The van der Waals surface area contributed by atoms with Gasteiger partial charge in [0.1, 0.15) is 0 Å². The Balaban J connectivity index is 2.15. The minimum atomic E-state index is -0.121. The number of rotatable bonds is 8. The van der Waals surface area contributed by atoms with E-state index in [1.165, 1.54) is 5.56 Å². The molecule has 27 heavy (non-hydrogen) atoms. The van der Waals surface area contributed by atoms with Crippen molar-refractivity contribution in [3.05, 3.63) is 45.2 Å². The Hall–Kier alpha value is -1.96. The summed E-state index contributed by atoms with van der Waals surface area (Å²) in [5, 5.41) is 14.2. The Morgan fingerprint density at radius 3 is 2.56 bits per heavy atom. The minimum Gasteiger partial charge on any atom is -0.395 e. The predicted molar refractivity (Wildman–Crippen MR) is 115 cm³/mol. The van der Waals surface area contributed by atoms with Crippen LogP contribution >= 0.6 is 12.2 Å². The fourth-order valence-corrected chi connectivity index (χ4v) is 3.18. The highest BCUT2D eigenvalue weighted by Crippen LogP contribution is 2.17. The van der Waals surface area contributed by atoms with Crippen molar-refractivity contribution in [3.8, 4) is 0 Å². The summed E-state index contributed by atoms with van der Waals surface area (Å²) < 4.78 is 0. The zero-order valence-electron chi connectivity index (χ0n) is 16.6. The zero-order chi connectivity index (χ0) is 20.0. The number of aliphatic hydroxyl groups excluding tert-OH is 1. The molecule has 0 saturated carbocycles. The Bertz CT molecular complexity index is 848. The molecule has 0 aliphatic carbocycles. The Morgan fingerprint density at radius 2 is 1.89 bits per heavy atom. The van der Waals surface area contributed by atoms with Crippen LogP contribution in [0.2, 0.25) is 0 Å². The molecule has 0 saturated heterocycles. The van der Waals surface area contributed by atoms with Gasteiger partial charge in [0.05, 0.1) is 13.2 Å². The SMILES string of the molecule is Cc1cc2cc(CN(CCO)C(=S)NCCCN(C)C)c(=O)[nH]c2cc1C. The van der Waals surface area contributed by atoms with E-state index in [0.717, 1.165) is 36.0 Å². The van der Waals surface area contributed by atoms with Gasteiger partial charge in [-0.3, -0.25) is 4.79 Å². The molecule has 1 aromatic carbocycles. The summed E-state index contributed by atoms with van der Waals surface area (Å²) in [5.74, 6) is 0. The molecule has 7 heteroatoms. The number of thiocarbonyl (C=S) groups is 1. The first-order valence-corrected chi connectivity index (χ1v) is 9.64. The zero-order valence-corrected chi connectivity index (χ0v) is 17.4. The van der Waals surface area contributed by atoms with Crippen molar-refractivity contribution in [3.63, 3.8) is 0 Å². The van der Waals surface area contributed by atoms with Gasteiger partial charge >= 0.3 is 0 Å². The lowest BCUT2D eigenvalue weighted by atomic mass is 10.0. The summed E-state index contributed by atoms with van der Waals surface area (Å²) >= 11 is 5.47. The molecule has 0 radical (unpaired) electrons. The van der Waals surface area contributed by atoms with Gasteiger partial charge < -0.3 is 25.2 Å². The molecule has 0 unspecified atom stereocenters. The second kappa shape index (κ2) is 9.82. The van der Waals surface area contributed by atoms with Crippen LogP contribution in [-0.2, 0) is 6.54 Å². The van der Waals surface area contributed by atoms with E-state index >= 15 is 0 Å². The maximum absolute atomic E-state index is 12.5. The fraction of sp³-hybridized carbons (Fsp3) is 0.500. The van der Waals surface area contributed by atoms with E-state index in [9.17, 15) is 9.90 Å². The number of H-pyrrole nitrogens is 1. The second-order valence-electron chi connectivity index (χ2n) is 7.18. The number of hydrogen-bond donors (Lipinski definition) is 3. The minimum absolute atomic E-state index is 0.0245. The summed E-state index contributed by atoms with van der Waals surface area (Å²) in [6.45, 7) is 6.53. The third-order valence-corrected chi connectivity index (χ3v) is 5.01. The Kier molecular flexibility index (Phi) is 7.77. The number of benzene rings is 1. The average molecular weight is 391 g/mol. The van der Waals surface area contributed by atoms with E-state index in [1.807, 2.05) is 38.1 Å². The lowest BCUT2D eigenvalue weighted by Gasteiger charge is -2.25. The van der Waals surface area contributed by atoms with Gasteiger partial charge in [-0.1, -0.05) is 0 Å². The number of nitrogens with zero attached hydrogens (tertiary/aromatic N) is 2. The largest absolute Gasteiger partial charge is 0.395 e. The fourth-order valence-electron chi connectivity index (χ4n) is 2.92. The molecule has 0 bridgehead atoms. The first-order chi connectivity index (χ1) is 12.8. The van der Waals surface area contributed by atoms with E-state index in [2.05, 4.69) is 28.2 Å². The molecule has 0 aliphatic rings. The predicted octanol–water partition coefficient (Wildman–Crippen LogP) is 1.77. The van der Waals surface area contributed by atoms with Crippen molar-refractivity contribution >= 4 is 28.2 Å². The molecule has 0 aliphatic heterocycles. The molecule has 3 N–H and O–H groups in total. The summed E-state index contributed by atoms with van der Waals surface area (Å²) in [4.78, 5) is 19.4. The van der Waals surface area contributed by atoms with Gasteiger partial charge in [-0.05, 0) is 87.8 Å². The van der Waals surface area contributed by atoms with Gasteiger partial charge in [0.2, 0.25) is 0 Å². The van der Waals surface area contributed by atoms with Crippen molar-refractivity contribution in [2.24, 2.45) is 0 Å². The first-order valence-electron chi connectivity index (χ1n) is 9.23. The molecule has 2 rings (SSSR count). The van der Waals surface area contributed by atoms with Gasteiger partial charge in [0, 0.05) is 24.2 Å². The summed E-state index contributed by atoms with van der Waals surface area (Å²) in [7, 11) is 4.07. The van der Waals surface area contributed by atoms with Crippen LogP contribution in [0.25, 0.3) is 10.9 Å². The van der Waals surface area contributed by atoms with Crippen LogP contribution in [0.15, 0.2) is 23.0 Å². The second-order valence-corrected chi connectivity index (χ2v) is 7.57. The monoisotopic (exact) mass is 390 g/mol. The van der Waals surface area contributed by atoms with Crippen molar-refractivity contribution in [1.82, 2.24) is 20.1 Å². The quantitative estimate of drug-likeness (QED) is 0.471. The Labute approximate surface area is 166 Å². The number of hydrogen-bond acceptors (Lipinski definition) is 4. The van der Waals surface area contributed by atoms with E-state index < -0.39 is 0 Å². The molecule has 1 aromatic heterocycles. The maximum atomic E-state index is 12.5. The van der Waals surface area contributed by atoms with Crippen molar-refractivity contribution in [1.29, 1.82) is 0 Å². The molecule has 0 fully saturated rings. The smallest absolute Gasteiger partial charge is 0.253 e. The maximum Gasteiger partial charge on any atom is 0.253 e. The van der Waals surface area contributed by atoms with Crippen LogP contribution in [0.1, 0.15) is 23.1 Å². The molecule has 1 heterocycles. The highest BCUT2D eigenvalue weighted by atomic mass is 32.1. The molecule has 0 spiro atoms. The van der Waals surface area contributed by atoms with Crippen LogP contribution in [-0.4, -0.2) is 65.3 Å². The van der Waals surface area contributed by atoms with E-state index in [1.54, 1.807) is 0 Å². The van der Waals surface area contributed by atoms with Crippen LogP contribution in [0, 0.1) is 13.8 Å². The molecular weight excluding hydrogens is 360 g/mol. The summed E-state index contributed by atoms with van der Waals surface area (Å²) in [5.41, 5.74) is 3.69. The molecular formula is C20H30N4O2S. The van der Waals surface area contributed by atoms with Gasteiger partial charge in [0.25, 0.3) is 5.56 Å². The number of aryl methyl sites for hydroxylation is 2. The normalized spacial score (nSPS) is 11.2. The molecule has 6 nitrogen and oxygen atoms in total. The number of pyridine rings is 1. The highest BCUT2D eigenvalue weighted by Gasteiger charge is 2.13. The standard InChI is InChI=1S/C20H30N4O2S/c1-14-10-16-12-17(19(26)22-18(16)11-15(14)2)13-24(8-9-25)20(27)21-6-5-7-23(3)4/h10-12,25H,5-9,13H2,1-4H3,(H,21,27)(H,22,26). The van der Waals surface area contributed by atoms with E-state index in [-0.39, 0.29) is 12.2 Å². The number of nitrogens with one attached hydrogen (secondary N) is 2. The number of aromatic amines is 1. The van der Waals surface area contributed by atoms with Crippen molar-refractivity contribution in [2.45, 2.75) is 26.8 Å².